The number of aliphatic imine (C=N–C) groups is 1. The Hall–Kier alpha value is -1.60. The van der Waals surface area contributed by atoms with Gasteiger partial charge in [0, 0.05) is 25.4 Å². The molecular weight excluding hydrogens is 396 g/mol. The Morgan fingerprint density at radius 2 is 1.80 bits per heavy atom. The molecule has 1 fully saturated rings. The van der Waals surface area contributed by atoms with Gasteiger partial charge in [-0.3, -0.25) is 4.90 Å². The predicted octanol–water partition coefficient (Wildman–Crippen LogP) is 3.35. The zero-order chi connectivity index (χ0) is 22.1. The monoisotopic (exact) mass is 436 g/mol. The highest BCUT2D eigenvalue weighted by Gasteiger charge is 2.27. The minimum Gasteiger partial charge on any atom is -0.357 e. The van der Waals surface area contributed by atoms with Crippen LogP contribution in [0.4, 0.5) is 0 Å². The van der Waals surface area contributed by atoms with E-state index in [0.29, 0.717) is 23.4 Å². The van der Waals surface area contributed by atoms with Crippen molar-refractivity contribution >= 4 is 15.8 Å². The predicted molar refractivity (Wildman–Crippen MR) is 126 cm³/mol. The van der Waals surface area contributed by atoms with Crippen LogP contribution in [0.2, 0.25) is 0 Å². The van der Waals surface area contributed by atoms with Gasteiger partial charge in [-0.2, -0.15) is 0 Å². The summed E-state index contributed by atoms with van der Waals surface area (Å²) < 4.78 is 23.7. The maximum Gasteiger partial charge on any atom is 0.191 e. The molecule has 0 amide bonds. The molecule has 30 heavy (non-hydrogen) atoms. The highest BCUT2D eigenvalue weighted by atomic mass is 32.2. The molecule has 0 radical (unpaired) electrons. The van der Waals surface area contributed by atoms with Gasteiger partial charge >= 0.3 is 0 Å². The lowest BCUT2D eigenvalue weighted by Crippen LogP contribution is -2.49. The summed E-state index contributed by atoms with van der Waals surface area (Å²) in [7, 11) is -3.19. The quantitative estimate of drug-likeness (QED) is 0.435. The summed E-state index contributed by atoms with van der Waals surface area (Å²) in [5.41, 5.74) is 1.78. The van der Waals surface area contributed by atoms with Crippen molar-refractivity contribution < 1.29 is 8.42 Å². The molecule has 1 unspecified atom stereocenters. The van der Waals surface area contributed by atoms with Crippen LogP contribution in [0.1, 0.15) is 57.6 Å². The maximum absolute atomic E-state index is 11.8. The van der Waals surface area contributed by atoms with E-state index in [4.69, 9.17) is 4.99 Å². The van der Waals surface area contributed by atoms with Gasteiger partial charge in [-0.15, -0.1) is 0 Å². The Morgan fingerprint density at radius 3 is 2.33 bits per heavy atom. The molecule has 1 aliphatic heterocycles. The van der Waals surface area contributed by atoms with E-state index in [1.165, 1.54) is 45.0 Å². The number of aryl methyl sites for hydroxylation is 1. The molecule has 0 spiro atoms. The van der Waals surface area contributed by atoms with E-state index < -0.39 is 9.84 Å². The summed E-state index contributed by atoms with van der Waals surface area (Å²) in [5.74, 6) is 1.50. The summed E-state index contributed by atoms with van der Waals surface area (Å²) in [5, 5.41) is 6.92. The van der Waals surface area contributed by atoms with Gasteiger partial charge in [0.15, 0.2) is 15.8 Å². The number of rotatable bonds is 10. The van der Waals surface area contributed by atoms with Crippen molar-refractivity contribution in [2.45, 2.75) is 70.9 Å². The maximum atomic E-state index is 11.8. The van der Waals surface area contributed by atoms with Crippen molar-refractivity contribution in [2.24, 2.45) is 10.9 Å². The summed E-state index contributed by atoms with van der Waals surface area (Å²) in [6.07, 6.45) is 6.23. The Bertz CT molecular complexity index is 795. The molecular formula is C23H40N4O2S. The van der Waals surface area contributed by atoms with Crippen LogP contribution in [0, 0.1) is 12.8 Å². The molecule has 0 saturated carbocycles. The third kappa shape index (κ3) is 6.98. The second kappa shape index (κ2) is 11.7. The lowest BCUT2D eigenvalue weighted by Gasteiger charge is -2.34. The van der Waals surface area contributed by atoms with Crippen molar-refractivity contribution in [1.82, 2.24) is 15.5 Å². The zero-order valence-electron chi connectivity index (χ0n) is 19.4. The molecule has 1 saturated heterocycles. The minimum absolute atomic E-state index is 0.388. The highest BCUT2D eigenvalue weighted by Crippen LogP contribution is 2.22. The largest absolute Gasteiger partial charge is 0.357 e. The van der Waals surface area contributed by atoms with Gasteiger partial charge in [0.1, 0.15) is 0 Å². The fraction of sp³-hybridized carbons (Fsp3) is 0.696. The van der Waals surface area contributed by atoms with Crippen LogP contribution in [0.15, 0.2) is 28.1 Å². The average molecular weight is 437 g/mol. The Balaban J connectivity index is 2.08. The Kier molecular flexibility index (Phi) is 9.62. The lowest BCUT2D eigenvalue weighted by atomic mass is 9.93. The fourth-order valence-corrected chi connectivity index (χ4v) is 5.40. The van der Waals surface area contributed by atoms with E-state index in [-0.39, 0.29) is 0 Å². The Morgan fingerprint density at radius 1 is 1.13 bits per heavy atom. The number of hydrogen-bond donors (Lipinski definition) is 2. The lowest BCUT2D eigenvalue weighted by molar-refractivity contribution is 0.166. The van der Waals surface area contributed by atoms with Crippen molar-refractivity contribution in [3.63, 3.8) is 0 Å². The normalized spacial score (nSPS) is 16.8. The van der Waals surface area contributed by atoms with E-state index in [9.17, 15) is 8.42 Å². The first kappa shape index (κ1) is 24.7. The van der Waals surface area contributed by atoms with Crippen LogP contribution >= 0.6 is 0 Å². The van der Waals surface area contributed by atoms with Crippen LogP contribution in [-0.4, -0.2) is 57.8 Å². The smallest absolute Gasteiger partial charge is 0.191 e. The standard InChI is InChI=1S/C23H40N4O2S/c1-6-20(7-2)21(27-13-9-10-14-27)17-26-23(24-8-3)25-16-19-11-12-22(18(4)15-19)30(5,28)29/h11-12,15,20-21H,6-10,13-14,16-17H2,1-5H3,(H2,24,25,26). The van der Waals surface area contributed by atoms with Gasteiger partial charge in [0.25, 0.3) is 0 Å². The van der Waals surface area contributed by atoms with E-state index in [2.05, 4.69) is 36.3 Å². The summed E-state index contributed by atoms with van der Waals surface area (Å²) in [6.45, 7) is 13.1. The summed E-state index contributed by atoms with van der Waals surface area (Å²) in [6, 6.07) is 5.99. The molecule has 0 bridgehead atoms. The molecule has 1 aromatic carbocycles. The van der Waals surface area contributed by atoms with Crippen molar-refractivity contribution in [3.05, 3.63) is 29.3 Å². The van der Waals surface area contributed by atoms with Gasteiger partial charge < -0.3 is 10.6 Å². The first-order valence-electron chi connectivity index (χ1n) is 11.4. The van der Waals surface area contributed by atoms with Crippen LogP contribution < -0.4 is 10.6 Å². The molecule has 0 aromatic heterocycles. The second-order valence-corrected chi connectivity index (χ2v) is 10.3. The zero-order valence-corrected chi connectivity index (χ0v) is 20.2. The van der Waals surface area contributed by atoms with Gasteiger partial charge in [-0.05, 0) is 62.9 Å². The van der Waals surface area contributed by atoms with Crippen LogP contribution in [0.5, 0.6) is 0 Å². The van der Waals surface area contributed by atoms with Gasteiger partial charge in [0.05, 0.1) is 11.4 Å². The third-order valence-electron chi connectivity index (χ3n) is 6.08. The van der Waals surface area contributed by atoms with Gasteiger partial charge in [0.2, 0.25) is 0 Å². The molecule has 6 nitrogen and oxygen atoms in total. The summed E-state index contributed by atoms with van der Waals surface area (Å²) in [4.78, 5) is 7.78. The van der Waals surface area contributed by atoms with E-state index >= 15 is 0 Å². The number of likely N-dealkylation sites (tertiary alicyclic amines) is 1. The number of benzene rings is 1. The van der Waals surface area contributed by atoms with E-state index in [1.807, 2.05) is 19.1 Å². The molecule has 0 aliphatic carbocycles. The first-order chi connectivity index (χ1) is 14.3. The minimum atomic E-state index is -3.19. The van der Waals surface area contributed by atoms with Gasteiger partial charge in [-0.1, -0.05) is 38.8 Å². The van der Waals surface area contributed by atoms with Crippen molar-refractivity contribution in [2.75, 3.05) is 32.4 Å². The number of sulfone groups is 1. The highest BCUT2D eigenvalue weighted by molar-refractivity contribution is 7.90. The molecule has 1 heterocycles. The van der Waals surface area contributed by atoms with E-state index in [1.54, 1.807) is 6.07 Å². The molecule has 2 rings (SSSR count). The van der Waals surface area contributed by atoms with Gasteiger partial charge in [-0.25, -0.2) is 13.4 Å². The molecule has 170 valence electrons. The molecule has 1 aliphatic rings. The molecule has 7 heteroatoms. The topological polar surface area (TPSA) is 73.8 Å². The second-order valence-electron chi connectivity index (χ2n) is 8.34. The average Bonchev–Trinajstić information content (AvgIpc) is 3.22. The number of hydrogen-bond acceptors (Lipinski definition) is 4. The van der Waals surface area contributed by atoms with E-state index in [0.717, 1.165) is 30.2 Å². The van der Waals surface area contributed by atoms with Crippen molar-refractivity contribution in [1.29, 1.82) is 0 Å². The summed E-state index contributed by atoms with van der Waals surface area (Å²) >= 11 is 0. The number of nitrogens with one attached hydrogen (secondary N) is 2. The molecule has 2 N–H and O–H groups in total. The third-order valence-corrected chi connectivity index (χ3v) is 7.34. The SMILES string of the molecule is CCNC(=NCc1ccc(S(C)(=O)=O)c(C)c1)NCC(C(CC)CC)N1CCCC1. The van der Waals surface area contributed by atoms with Crippen LogP contribution in [0.3, 0.4) is 0 Å². The fourth-order valence-electron chi connectivity index (χ4n) is 4.44. The first-order valence-corrected chi connectivity index (χ1v) is 13.2. The molecule has 1 atom stereocenters. The van der Waals surface area contributed by atoms with Crippen molar-refractivity contribution in [3.8, 4) is 0 Å². The van der Waals surface area contributed by atoms with Crippen LogP contribution in [-0.2, 0) is 16.4 Å². The number of nitrogens with zero attached hydrogens (tertiary/aromatic N) is 2. The Labute approximate surface area is 183 Å². The van der Waals surface area contributed by atoms with Crippen LogP contribution in [0.25, 0.3) is 0 Å². The number of guanidine groups is 1. The molecule has 1 aromatic rings.